The first-order valence-corrected chi connectivity index (χ1v) is 6.24. The Morgan fingerprint density at radius 3 is 2.67 bits per heavy atom. The molecule has 0 aromatic heterocycles. The molecule has 2 unspecified atom stereocenters. The number of carbonyl (C=O) groups is 1. The van der Waals surface area contributed by atoms with Gasteiger partial charge >= 0.3 is 0 Å². The molecule has 86 valence electrons. The van der Waals surface area contributed by atoms with Crippen molar-refractivity contribution in [2.24, 2.45) is 11.8 Å². The Bertz CT molecular complexity index is 226. The fourth-order valence-electron chi connectivity index (χ4n) is 2.33. The molecular formula is C12H22N2O. The van der Waals surface area contributed by atoms with Crippen LogP contribution in [0.3, 0.4) is 0 Å². The van der Waals surface area contributed by atoms with Crippen LogP contribution < -0.4 is 10.6 Å². The summed E-state index contributed by atoms with van der Waals surface area (Å²) < 4.78 is 0. The standard InChI is InChI=1S/C12H22N2O/c1-9-2-5-11(6-9)14-12(15)8-13-7-10-3-4-10/h9-11,13H,2-8H2,1H3,(H,14,15). The average Bonchev–Trinajstić information content (AvgIpc) is 2.91. The largest absolute Gasteiger partial charge is 0.352 e. The lowest BCUT2D eigenvalue weighted by Gasteiger charge is -2.12. The smallest absolute Gasteiger partial charge is 0.234 e. The topological polar surface area (TPSA) is 41.1 Å². The Balaban J connectivity index is 1.55. The lowest BCUT2D eigenvalue weighted by molar-refractivity contribution is -0.120. The summed E-state index contributed by atoms with van der Waals surface area (Å²) in [5, 5.41) is 6.32. The second-order valence-electron chi connectivity index (χ2n) is 5.26. The molecular weight excluding hydrogens is 188 g/mol. The van der Waals surface area contributed by atoms with Gasteiger partial charge in [-0.1, -0.05) is 6.92 Å². The molecule has 0 bridgehead atoms. The van der Waals surface area contributed by atoms with Crippen molar-refractivity contribution in [2.45, 2.75) is 45.1 Å². The SMILES string of the molecule is CC1CCC(NC(=O)CNCC2CC2)C1. The van der Waals surface area contributed by atoms with Gasteiger partial charge in [0, 0.05) is 6.04 Å². The highest BCUT2D eigenvalue weighted by Gasteiger charge is 2.23. The molecule has 0 aliphatic heterocycles. The summed E-state index contributed by atoms with van der Waals surface area (Å²) in [5.41, 5.74) is 0. The molecule has 2 N–H and O–H groups in total. The number of amides is 1. The number of nitrogens with one attached hydrogen (secondary N) is 2. The first-order valence-electron chi connectivity index (χ1n) is 6.24. The molecule has 0 spiro atoms. The summed E-state index contributed by atoms with van der Waals surface area (Å²) in [7, 11) is 0. The highest BCUT2D eigenvalue weighted by atomic mass is 16.1. The van der Waals surface area contributed by atoms with Crippen LogP contribution in [-0.2, 0) is 4.79 Å². The minimum Gasteiger partial charge on any atom is -0.352 e. The normalized spacial score (nSPS) is 30.5. The molecule has 0 radical (unpaired) electrons. The molecule has 3 nitrogen and oxygen atoms in total. The zero-order valence-corrected chi connectivity index (χ0v) is 9.59. The second-order valence-corrected chi connectivity index (χ2v) is 5.26. The molecule has 1 amide bonds. The number of rotatable bonds is 5. The van der Waals surface area contributed by atoms with Crippen LogP contribution in [0, 0.1) is 11.8 Å². The number of hydrogen-bond acceptors (Lipinski definition) is 2. The number of hydrogen-bond donors (Lipinski definition) is 2. The van der Waals surface area contributed by atoms with E-state index in [-0.39, 0.29) is 5.91 Å². The zero-order valence-electron chi connectivity index (χ0n) is 9.59. The highest BCUT2D eigenvalue weighted by molar-refractivity contribution is 5.78. The molecule has 0 aromatic rings. The van der Waals surface area contributed by atoms with Gasteiger partial charge in [0.15, 0.2) is 0 Å². The summed E-state index contributed by atoms with van der Waals surface area (Å²) in [6, 6.07) is 0.440. The average molecular weight is 210 g/mol. The van der Waals surface area contributed by atoms with Gasteiger partial charge in [0.1, 0.15) is 0 Å². The Hall–Kier alpha value is -0.570. The fourth-order valence-corrected chi connectivity index (χ4v) is 2.33. The molecule has 3 heteroatoms. The van der Waals surface area contributed by atoms with Crippen LogP contribution in [0.15, 0.2) is 0 Å². The third kappa shape index (κ3) is 3.82. The van der Waals surface area contributed by atoms with Crippen LogP contribution in [0.5, 0.6) is 0 Å². The molecule has 0 aromatic carbocycles. The maximum atomic E-state index is 11.5. The van der Waals surface area contributed by atoms with Crippen molar-refractivity contribution in [3.8, 4) is 0 Å². The highest BCUT2D eigenvalue weighted by Crippen LogP contribution is 2.27. The Labute approximate surface area is 92.0 Å². The van der Waals surface area contributed by atoms with Crippen molar-refractivity contribution in [2.75, 3.05) is 13.1 Å². The van der Waals surface area contributed by atoms with Crippen LogP contribution in [0.1, 0.15) is 39.0 Å². The van der Waals surface area contributed by atoms with Crippen LogP contribution in [0.25, 0.3) is 0 Å². The second kappa shape index (κ2) is 4.97. The Morgan fingerprint density at radius 1 is 1.27 bits per heavy atom. The van der Waals surface area contributed by atoms with Gasteiger partial charge < -0.3 is 10.6 Å². The van der Waals surface area contributed by atoms with Gasteiger partial charge in [0.25, 0.3) is 0 Å². The van der Waals surface area contributed by atoms with E-state index in [1.54, 1.807) is 0 Å². The molecule has 2 atom stereocenters. The molecule has 2 aliphatic rings. The van der Waals surface area contributed by atoms with Crippen molar-refractivity contribution in [1.82, 2.24) is 10.6 Å². The van der Waals surface area contributed by atoms with Gasteiger partial charge in [0.05, 0.1) is 6.54 Å². The minimum absolute atomic E-state index is 0.176. The molecule has 2 fully saturated rings. The summed E-state index contributed by atoms with van der Waals surface area (Å²) in [4.78, 5) is 11.5. The van der Waals surface area contributed by atoms with Crippen molar-refractivity contribution < 1.29 is 4.79 Å². The van der Waals surface area contributed by atoms with E-state index in [9.17, 15) is 4.79 Å². The van der Waals surface area contributed by atoms with E-state index in [0.717, 1.165) is 31.2 Å². The van der Waals surface area contributed by atoms with Crippen molar-refractivity contribution in [3.63, 3.8) is 0 Å². The molecule has 2 saturated carbocycles. The summed E-state index contributed by atoms with van der Waals surface area (Å²) in [6.45, 7) is 3.79. The van der Waals surface area contributed by atoms with Crippen LogP contribution >= 0.6 is 0 Å². The van der Waals surface area contributed by atoms with Crippen LogP contribution in [0.4, 0.5) is 0 Å². The predicted octanol–water partition coefficient (Wildman–Crippen LogP) is 1.29. The van der Waals surface area contributed by atoms with Gasteiger partial charge in [-0.15, -0.1) is 0 Å². The molecule has 2 aliphatic carbocycles. The summed E-state index contributed by atoms with van der Waals surface area (Å²) >= 11 is 0. The predicted molar refractivity (Wildman–Crippen MR) is 60.5 cm³/mol. The van der Waals surface area contributed by atoms with Gasteiger partial charge in [-0.2, -0.15) is 0 Å². The van der Waals surface area contributed by atoms with E-state index >= 15 is 0 Å². The fraction of sp³-hybridized carbons (Fsp3) is 0.917. The molecule has 2 rings (SSSR count). The van der Waals surface area contributed by atoms with Crippen molar-refractivity contribution in [3.05, 3.63) is 0 Å². The number of carbonyl (C=O) groups excluding carboxylic acids is 1. The monoisotopic (exact) mass is 210 g/mol. The van der Waals surface area contributed by atoms with Crippen LogP contribution in [-0.4, -0.2) is 25.0 Å². The first-order chi connectivity index (χ1) is 7.24. The quantitative estimate of drug-likeness (QED) is 0.718. The van der Waals surface area contributed by atoms with E-state index < -0.39 is 0 Å². The van der Waals surface area contributed by atoms with Gasteiger partial charge in [-0.3, -0.25) is 4.79 Å². The van der Waals surface area contributed by atoms with Crippen molar-refractivity contribution >= 4 is 5.91 Å². The maximum absolute atomic E-state index is 11.5. The Kier molecular flexibility index (Phi) is 3.62. The van der Waals surface area contributed by atoms with Crippen LogP contribution in [0.2, 0.25) is 0 Å². The van der Waals surface area contributed by atoms with E-state index in [1.807, 2.05) is 0 Å². The lowest BCUT2D eigenvalue weighted by Crippen LogP contribution is -2.39. The minimum atomic E-state index is 0.176. The molecule has 15 heavy (non-hydrogen) atoms. The third-order valence-corrected chi connectivity index (χ3v) is 3.48. The van der Waals surface area contributed by atoms with Gasteiger partial charge in [-0.05, 0) is 50.5 Å². The van der Waals surface area contributed by atoms with E-state index in [1.165, 1.54) is 19.3 Å². The molecule has 0 heterocycles. The van der Waals surface area contributed by atoms with E-state index in [2.05, 4.69) is 17.6 Å². The zero-order chi connectivity index (χ0) is 10.7. The van der Waals surface area contributed by atoms with Gasteiger partial charge in [-0.25, -0.2) is 0 Å². The Morgan fingerprint density at radius 2 is 2.07 bits per heavy atom. The third-order valence-electron chi connectivity index (χ3n) is 3.48. The van der Waals surface area contributed by atoms with E-state index in [0.29, 0.717) is 12.6 Å². The van der Waals surface area contributed by atoms with Gasteiger partial charge in [0.2, 0.25) is 5.91 Å². The summed E-state index contributed by atoms with van der Waals surface area (Å²) in [6.07, 6.45) is 6.27. The van der Waals surface area contributed by atoms with Crippen molar-refractivity contribution in [1.29, 1.82) is 0 Å². The lowest BCUT2D eigenvalue weighted by atomic mass is 10.1. The maximum Gasteiger partial charge on any atom is 0.234 e. The molecule has 0 saturated heterocycles. The summed E-state index contributed by atoms with van der Waals surface area (Å²) in [5.74, 6) is 1.81. The van der Waals surface area contributed by atoms with E-state index in [4.69, 9.17) is 0 Å². The first kappa shape index (κ1) is 10.9.